The maximum absolute atomic E-state index is 12.6. The highest BCUT2D eigenvalue weighted by Gasteiger charge is 2.25. The summed E-state index contributed by atoms with van der Waals surface area (Å²) in [7, 11) is 0. The first-order valence-corrected chi connectivity index (χ1v) is 9.91. The molecule has 2 aliphatic heterocycles. The molecule has 148 valence electrons. The van der Waals surface area contributed by atoms with E-state index in [0.29, 0.717) is 31.1 Å². The minimum absolute atomic E-state index is 0.0546. The number of carbonyl (C=O) groups excluding carboxylic acids is 2. The van der Waals surface area contributed by atoms with E-state index in [9.17, 15) is 19.7 Å². The van der Waals surface area contributed by atoms with Gasteiger partial charge in [-0.05, 0) is 24.3 Å². The van der Waals surface area contributed by atoms with Gasteiger partial charge < -0.3 is 15.1 Å². The van der Waals surface area contributed by atoms with Crippen molar-refractivity contribution in [3.63, 3.8) is 0 Å². The fraction of sp³-hybridized carbons (Fsp3) is 0.200. The zero-order valence-electron chi connectivity index (χ0n) is 15.4. The third kappa shape index (κ3) is 4.09. The van der Waals surface area contributed by atoms with Crippen molar-refractivity contribution in [3.05, 3.63) is 69.6 Å². The SMILES string of the molecule is O=C1Nc2ccccc2S/C1=C\C(=O)N1CCN(c2ccc([N+](=O)[O-])cc2)CC1. The van der Waals surface area contributed by atoms with Crippen molar-refractivity contribution in [2.45, 2.75) is 4.90 Å². The van der Waals surface area contributed by atoms with Gasteiger partial charge in [-0.15, -0.1) is 0 Å². The van der Waals surface area contributed by atoms with E-state index in [1.807, 2.05) is 24.3 Å². The number of non-ortho nitro benzene ring substituents is 1. The molecule has 1 N–H and O–H groups in total. The zero-order chi connectivity index (χ0) is 20.4. The first-order chi connectivity index (χ1) is 14.0. The third-order valence-electron chi connectivity index (χ3n) is 4.85. The highest BCUT2D eigenvalue weighted by atomic mass is 32.2. The van der Waals surface area contributed by atoms with Crippen molar-refractivity contribution in [1.29, 1.82) is 0 Å². The molecule has 9 heteroatoms. The van der Waals surface area contributed by atoms with Crippen LogP contribution in [0, 0.1) is 10.1 Å². The molecule has 8 nitrogen and oxygen atoms in total. The van der Waals surface area contributed by atoms with Gasteiger partial charge >= 0.3 is 0 Å². The Morgan fingerprint density at radius 1 is 1.07 bits per heavy atom. The quantitative estimate of drug-likeness (QED) is 0.475. The molecule has 0 bridgehead atoms. The smallest absolute Gasteiger partial charge is 0.269 e. The molecule has 4 rings (SSSR count). The van der Waals surface area contributed by atoms with Gasteiger partial charge in [0.15, 0.2) is 0 Å². The molecule has 2 aliphatic rings. The summed E-state index contributed by atoms with van der Waals surface area (Å²) in [5.41, 5.74) is 1.70. The second kappa shape index (κ2) is 7.96. The Labute approximate surface area is 171 Å². The number of fused-ring (bicyclic) bond motifs is 1. The number of nitrogens with zero attached hydrogens (tertiary/aromatic N) is 3. The van der Waals surface area contributed by atoms with Gasteiger partial charge in [-0.1, -0.05) is 23.9 Å². The molecule has 0 radical (unpaired) electrons. The van der Waals surface area contributed by atoms with Gasteiger partial charge in [0.25, 0.3) is 11.6 Å². The minimum Gasteiger partial charge on any atom is -0.368 e. The molecule has 2 heterocycles. The van der Waals surface area contributed by atoms with Gasteiger partial charge in [0.05, 0.1) is 15.5 Å². The Morgan fingerprint density at radius 3 is 2.45 bits per heavy atom. The van der Waals surface area contributed by atoms with Crippen molar-refractivity contribution in [1.82, 2.24) is 4.90 Å². The van der Waals surface area contributed by atoms with E-state index >= 15 is 0 Å². The van der Waals surface area contributed by atoms with Crippen molar-refractivity contribution in [2.24, 2.45) is 0 Å². The molecule has 0 atom stereocenters. The first kappa shape index (κ1) is 19.0. The summed E-state index contributed by atoms with van der Waals surface area (Å²) in [6.45, 7) is 2.27. The summed E-state index contributed by atoms with van der Waals surface area (Å²) < 4.78 is 0. The molecule has 29 heavy (non-hydrogen) atoms. The maximum atomic E-state index is 12.6. The number of nitro groups is 1. The first-order valence-electron chi connectivity index (χ1n) is 9.09. The van der Waals surface area contributed by atoms with Gasteiger partial charge in [-0.2, -0.15) is 0 Å². The lowest BCUT2D eigenvalue weighted by molar-refractivity contribution is -0.384. The van der Waals surface area contributed by atoms with Gasteiger partial charge in [0.1, 0.15) is 0 Å². The summed E-state index contributed by atoms with van der Waals surface area (Å²) >= 11 is 1.29. The number of anilines is 2. The number of piperazine rings is 1. The molecule has 0 unspecified atom stereocenters. The maximum Gasteiger partial charge on any atom is 0.269 e. The second-order valence-corrected chi connectivity index (χ2v) is 7.73. The molecule has 1 saturated heterocycles. The normalized spacial score (nSPS) is 17.7. The number of carbonyl (C=O) groups is 2. The molecule has 0 aromatic heterocycles. The lowest BCUT2D eigenvalue weighted by atomic mass is 10.2. The van der Waals surface area contributed by atoms with Crippen LogP contribution in [0.25, 0.3) is 0 Å². The number of nitrogens with one attached hydrogen (secondary N) is 1. The van der Waals surface area contributed by atoms with Crippen molar-refractivity contribution < 1.29 is 14.5 Å². The van der Waals surface area contributed by atoms with Gasteiger partial charge in [0, 0.05) is 55.0 Å². The molecule has 0 aliphatic carbocycles. The molecule has 2 amide bonds. The number of rotatable bonds is 3. The van der Waals surface area contributed by atoms with Crippen LogP contribution in [0.1, 0.15) is 0 Å². The van der Waals surface area contributed by atoms with E-state index in [2.05, 4.69) is 10.2 Å². The highest BCUT2D eigenvalue weighted by Crippen LogP contribution is 2.37. The van der Waals surface area contributed by atoms with Crippen LogP contribution in [-0.4, -0.2) is 47.8 Å². The van der Waals surface area contributed by atoms with Crippen LogP contribution in [0.5, 0.6) is 0 Å². The predicted octanol–water partition coefficient (Wildman–Crippen LogP) is 2.87. The average Bonchev–Trinajstić information content (AvgIpc) is 2.74. The minimum atomic E-state index is -0.425. The van der Waals surface area contributed by atoms with Crippen LogP contribution < -0.4 is 10.2 Å². The molecular weight excluding hydrogens is 392 g/mol. The number of amides is 2. The predicted molar refractivity (Wildman–Crippen MR) is 111 cm³/mol. The van der Waals surface area contributed by atoms with Gasteiger partial charge in [-0.25, -0.2) is 0 Å². The lowest BCUT2D eigenvalue weighted by Crippen LogP contribution is -2.48. The topological polar surface area (TPSA) is 95.8 Å². The summed E-state index contributed by atoms with van der Waals surface area (Å²) in [6, 6.07) is 13.9. The molecule has 0 saturated carbocycles. The number of hydrogen-bond acceptors (Lipinski definition) is 6. The Morgan fingerprint density at radius 2 is 1.76 bits per heavy atom. The number of benzene rings is 2. The summed E-state index contributed by atoms with van der Waals surface area (Å²) in [6.07, 6.45) is 1.40. The van der Waals surface area contributed by atoms with E-state index in [1.165, 1.54) is 30.0 Å². The van der Waals surface area contributed by atoms with Crippen LogP contribution >= 0.6 is 11.8 Å². The summed E-state index contributed by atoms with van der Waals surface area (Å²) in [5, 5.41) is 13.6. The second-order valence-electron chi connectivity index (χ2n) is 6.65. The van der Waals surface area contributed by atoms with E-state index in [1.54, 1.807) is 17.0 Å². The van der Waals surface area contributed by atoms with E-state index in [-0.39, 0.29) is 17.5 Å². The molecule has 1 fully saturated rings. The van der Waals surface area contributed by atoms with Gasteiger partial charge in [-0.3, -0.25) is 19.7 Å². The van der Waals surface area contributed by atoms with Crippen molar-refractivity contribution >= 4 is 40.6 Å². The number of para-hydroxylation sites is 1. The van der Waals surface area contributed by atoms with Crippen LogP contribution in [0.2, 0.25) is 0 Å². The van der Waals surface area contributed by atoms with Crippen molar-refractivity contribution in [3.8, 4) is 0 Å². The Balaban J connectivity index is 1.38. The van der Waals surface area contributed by atoms with Crippen LogP contribution in [-0.2, 0) is 9.59 Å². The van der Waals surface area contributed by atoms with E-state index in [0.717, 1.165) is 16.3 Å². The van der Waals surface area contributed by atoms with Gasteiger partial charge in [0.2, 0.25) is 5.91 Å². The molecular formula is C20H18N4O4S. The number of thioether (sulfide) groups is 1. The lowest BCUT2D eigenvalue weighted by Gasteiger charge is -2.35. The van der Waals surface area contributed by atoms with Crippen LogP contribution in [0.3, 0.4) is 0 Å². The average molecular weight is 410 g/mol. The zero-order valence-corrected chi connectivity index (χ0v) is 16.2. The Hall–Kier alpha value is -3.33. The number of nitro benzene ring substituents is 1. The fourth-order valence-electron chi connectivity index (χ4n) is 3.28. The van der Waals surface area contributed by atoms with Crippen LogP contribution in [0.15, 0.2) is 64.4 Å². The molecule has 2 aromatic carbocycles. The third-order valence-corrected chi connectivity index (χ3v) is 5.95. The largest absolute Gasteiger partial charge is 0.368 e. The molecule has 0 spiro atoms. The Kier molecular flexibility index (Phi) is 5.22. The van der Waals surface area contributed by atoms with E-state index < -0.39 is 4.92 Å². The van der Waals surface area contributed by atoms with Crippen molar-refractivity contribution in [2.75, 3.05) is 36.4 Å². The molecule has 2 aromatic rings. The standard InChI is InChI=1S/C20H18N4O4S/c25-19(13-18-20(26)21-16-3-1-2-4-17(16)29-18)23-11-9-22(10-12-23)14-5-7-15(8-6-14)24(27)28/h1-8,13H,9-12H2,(H,21,26)/b18-13-. The highest BCUT2D eigenvalue weighted by molar-refractivity contribution is 8.04. The summed E-state index contributed by atoms with van der Waals surface area (Å²) in [5.74, 6) is -0.461. The monoisotopic (exact) mass is 410 g/mol. The number of hydrogen-bond donors (Lipinski definition) is 1. The van der Waals surface area contributed by atoms with Crippen LogP contribution in [0.4, 0.5) is 17.1 Å². The van der Waals surface area contributed by atoms with E-state index in [4.69, 9.17) is 0 Å². The Bertz CT molecular complexity index is 998. The summed E-state index contributed by atoms with van der Waals surface area (Å²) in [4.78, 5) is 40.3. The fourth-order valence-corrected chi connectivity index (χ4v) is 4.19.